The lowest BCUT2D eigenvalue weighted by molar-refractivity contribution is -0.120. The Labute approximate surface area is 148 Å². The number of likely N-dealkylation sites (N-methyl/N-ethyl adjacent to an activating group) is 1. The zero-order valence-electron chi connectivity index (χ0n) is 14.0. The third-order valence-electron chi connectivity index (χ3n) is 4.13. The summed E-state index contributed by atoms with van der Waals surface area (Å²) < 4.78 is 1.22. The van der Waals surface area contributed by atoms with Crippen LogP contribution in [0.2, 0.25) is 0 Å². The first-order valence-electron chi connectivity index (χ1n) is 8.05. The number of nitrogens with one attached hydrogen (secondary N) is 2. The molecule has 0 saturated heterocycles. The summed E-state index contributed by atoms with van der Waals surface area (Å²) in [6.07, 6.45) is 2.84. The molecule has 0 aliphatic heterocycles. The van der Waals surface area contributed by atoms with Gasteiger partial charge in [-0.05, 0) is 31.7 Å². The second-order valence-corrected chi connectivity index (χ2v) is 6.77. The highest BCUT2D eigenvalue weighted by Gasteiger charge is 2.22. The van der Waals surface area contributed by atoms with Gasteiger partial charge in [0.25, 0.3) is 11.5 Å². The molecule has 0 radical (unpaired) electrons. The molecule has 132 valence electrons. The molecule has 1 aliphatic carbocycles. The van der Waals surface area contributed by atoms with Crippen molar-refractivity contribution < 1.29 is 9.59 Å². The maximum atomic E-state index is 12.4. The molecule has 2 amide bonds. The number of anilines is 1. The van der Waals surface area contributed by atoms with Gasteiger partial charge in [-0.3, -0.25) is 14.4 Å². The standard InChI is InChI=1S/C16H19N5O3S/c1-9(21-14(23)6-10-4-3-5-12(10)20-21)15(24)19-16-18-11(8-25-16)7-13(22)17-2/h6,8-9H,3-5,7H2,1-2H3,(H,17,22)(H,18,19,24). The third-order valence-corrected chi connectivity index (χ3v) is 4.94. The number of carbonyl (C=O) groups is 2. The Morgan fingerprint density at radius 3 is 2.96 bits per heavy atom. The van der Waals surface area contributed by atoms with E-state index in [4.69, 9.17) is 0 Å². The van der Waals surface area contributed by atoms with Gasteiger partial charge in [0.05, 0.1) is 17.8 Å². The van der Waals surface area contributed by atoms with Crippen molar-refractivity contribution in [1.29, 1.82) is 0 Å². The predicted octanol–water partition coefficient (Wildman–Crippen LogP) is 0.677. The molecule has 9 heteroatoms. The van der Waals surface area contributed by atoms with E-state index in [1.54, 1.807) is 25.4 Å². The SMILES string of the molecule is CNC(=O)Cc1csc(NC(=O)C(C)n2nc3c(cc2=O)CCC3)n1. The molecular formula is C16H19N5O3S. The van der Waals surface area contributed by atoms with Gasteiger partial charge in [-0.15, -0.1) is 11.3 Å². The van der Waals surface area contributed by atoms with Gasteiger partial charge in [-0.1, -0.05) is 0 Å². The van der Waals surface area contributed by atoms with Crippen molar-refractivity contribution in [3.05, 3.63) is 38.8 Å². The quantitative estimate of drug-likeness (QED) is 0.814. The molecule has 0 bridgehead atoms. The number of carbonyl (C=O) groups excluding carboxylic acids is 2. The number of rotatable bonds is 5. The van der Waals surface area contributed by atoms with Crippen LogP contribution >= 0.6 is 11.3 Å². The molecule has 0 aromatic carbocycles. The average molecular weight is 361 g/mol. The molecule has 1 unspecified atom stereocenters. The number of fused-ring (bicyclic) bond motifs is 1. The lowest BCUT2D eigenvalue weighted by Crippen LogP contribution is -2.34. The van der Waals surface area contributed by atoms with Crippen molar-refractivity contribution in [2.75, 3.05) is 12.4 Å². The van der Waals surface area contributed by atoms with E-state index < -0.39 is 6.04 Å². The highest BCUT2D eigenvalue weighted by Crippen LogP contribution is 2.20. The Bertz CT molecular complexity index is 873. The van der Waals surface area contributed by atoms with Crippen molar-refractivity contribution in [2.24, 2.45) is 0 Å². The summed E-state index contributed by atoms with van der Waals surface area (Å²) >= 11 is 1.24. The molecule has 8 nitrogen and oxygen atoms in total. The number of aryl methyl sites for hydroxylation is 2. The maximum absolute atomic E-state index is 12.4. The fraction of sp³-hybridized carbons (Fsp3) is 0.438. The van der Waals surface area contributed by atoms with Crippen LogP contribution in [-0.2, 0) is 28.9 Å². The topological polar surface area (TPSA) is 106 Å². The molecule has 1 aliphatic rings. The van der Waals surface area contributed by atoms with Gasteiger partial charge < -0.3 is 10.6 Å². The van der Waals surface area contributed by atoms with Crippen LogP contribution in [0.15, 0.2) is 16.2 Å². The molecular weight excluding hydrogens is 342 g/mol. The Morgan fingerprint density at radius 1 is 1.40 bits per heavy atom. The van der Waals surface area contributed by atoms with E-state index in [-0.39, 0.29) is 23.8 Å². The summed E-state index contributed by atoms with van der Waals surface area (Å²) in [5, 5.41) is 11.7. The highest BCUT2D eigenvalue weighted by atomic mass is 32.1. The lowest BCUT2D eigenvalue weighted by atomic mass is 10.2. The summed E-state index contributed by atoms with van der Waals surface area (Å²) in [4.78, 5) is 40.2. The molecule has 2 heterocycles. The van der Waals surface area contributed by atoms with Gasteiger partial charge in [-0.2, -0.15) is 5.10 Å². The van der Waals surface area contributed by atoms with Crippen molar-refractivity contribution in [3.8, 4) is 0 Å². The largest absolute Gasteiger partial charge is 0.359 e. The van der Waals surface area contributed by atoms with Crippen LogP contribution in [0.3, 0.4) is 0 Å². The first-order chi connectivity index (χ1) is 12.0. The van der Waals surface area contributed by atoms with Crippen molar-refractivity contribution in [3.63, 3.8) is 0 Å². The number of aromatic nitrogens is 3. The van der Waals surface area contributed by atoms with Gasteiger partial charge in [0, 0.05) is 18.5 Å². The number of nitrogens with zero attached hydrogens (tertiary/aromatic N) is 3. The Hall–Kier alpha value is -2.55. The molecule has 1 atom stereocenters. The van der Waals surface area contributed by atoms with E-state index >= 15 is 0 Å². The van der Waals surface area contributed by atoms with Crippen molar-refractivity contribution in [1.82, 2.24) is 20.1 Å². The Morgan fingerprint density at radius 2 is 2.20 bits per heavy atom. The Balaban J connectivity index is 1.71. The average Bonchev–Trinajstić information content (AvgIpc) is 3.22. The predicted molar refractivity (Wildman–Crippen MR) is 93.7 cm³/mol. The molecule has 2 aromatic heterocycles. The minimum atomic E-state index is -0.746. The first-order valence-corrected chi connectivity index (χ1v) is 8.93. The van der Waals surface area contributed by atoms with E-state index in [1.807, 2.05) is 0 Å². The first kappa shape index (κ1) is 17.3. The summed E-state index contributed by atoms with van der Waals surface area (Å²) in [6.45, 7) is 1.63. The molecule has 0 spiro atoms. The molecule has 0 saturated carbocycles. The molecule has 0 fully saturated rings. The van der Waals surface area contributed by atoms with E-state index in [0.717, 1.165) is 30.5 Å². The number of amides is 2. The smallest absolute Gasteiger partial charge is 0.267 e. The molecule has 3 rings (SSSR count). The van der Waals surface area contributed by atoms with Crippen LogP contribution in [0, 0.1) is 0 Å². The molecule has 25 heavy (non-hydrogen) atoms. The summed E-state index contributed by atoms with van der Waals surface area (Å²) in [5.41, 5.74) is 2.18. The monoisotopic (exact) mass is 361 g/mol. The minimum Gasteiger partial charge on any atom is -0.359 e. The fourth-order valence-corrected chi connectivity index (χ4v) is 3.43. The van der Waals surface area contributed by atoms with E-state index in [2.05, 4.69) is 20.7 Å². The van der Waals surface area contributed by atoms with Gasteiger partial charge in [0.1, 0.15) is 6.04 Å². The van der Waals surface area contributed by atoms with Crippen LogP contribution in [0.25, 0.3) is 0 Å². The van der Waals surface area contributed by atoms with E-state index in [0.29, 0.717) is 10.8 Å². The number of hydrogen-bond acceptors (Lipinski definition) is 6. The third kappa shape index (κ3) is 3.76. The van der Waals surface area contributed by atoms with Crippen molar-refractivity contribution in [2.45, 2.75) is 38.6 Å². The van der Waals surface area contributed by atoms with Gasteiger partial charge >= 0.3 is 0 Å². The second-order valence-electron chi connectivity index (χ2n) is 5.91. The van der Waals surface area contributed by atoms with Gasteiger partial charge in [0.2, 0.25) is 5.91 Å². The Kier molecular flexibility index (Phi) is 4.93. The van der Waals surface area contributed by atoms with Gasteiger partial charge in [-0.25, -0.2) is 9.67 Å². The summed E-state index contributed by atoms with van der Waals surface area (Å²) in [5.74, 6) is -0.515. The number of hydrogen-bond donors (Lipinski definition) is 2. The second kappa shape index (κ2) is 7.14. The maximum Gasteiger partial charge on any atom is 0.267 e. The summed E-state index contributed by atoms with van der Waals surface area (Å²) in [6, 6.07) is 0.828. The van der Waals surface area contributed by atoms with Crippen LogP contribution in [0.5, 0.6) is 0 Å². The van der Waals surface area contributed by atoms with Crippen LogP contribution in [0.4, 0.5) is 5.13 Å². The molecule has 2 aromatic rings. The highest BCUT2D eigenvalue weighted by molar-refractivity contribution is 7.13. The van der Waals surface area contributed by atoms with Crippen LogP contribution in [0.1, 0.15) is 36.3 Å². The van der Waals surface area contributed by atoms with Gasteiger partial charge in [0.15, 0.2) is 5.13 Å². The van der Waals surface area contributed by atoms with Crippen molar-refractivity contribution >= 4 is 28.3 Å². The minimum absolute atomic E-state index is 0.148. The summed E-state index contributed by atoms with van der Waals surface area (Å²) in [7, 11) is 1.56. The molecule has 2 N–H and O–H groups in total. The van der Waals surface area contributed by atoms with Crippen LogP contribution in [-0.4, -0.2) is 33.6 Å². The van der Waals surface area contributed by atoms with Crippen LogP contribution < -0.4 is 16.2 Å². The van der Waals surface area contributed by atoms with E-state index in [9.17, 15) is 14.4 Å². The lowest BCUT2D eigenvalue weighted by Gasteiger charge is -2.14. The fourth-order valence-electron chi connectivity index (χ4n) is 2.71. The van der Waals surface area contributed by atoms with E-state index in [1.165, 1.54) is 16.0 Å². The zero-order chi connectivity index (χ0) is 18.0. The number of thiazole rings is 1. The zero-order valence-corrected chi connectivity index (χ0v) is 14.9. The normalized spacial score (nSPS) is 14.0.